The summed E-state index contributed by atoms with van der Waals surface area (Å²) >= 11 is 0. The van der Waals surface area contributed by atoms with Crippen LogP contribution in [0.4, 0.5) is 13.2 Å². The van der Waals surface area contributed by atoms with Crippen molar-refractivity contribution in [3.8, 4) is 11.5 Å². The SMILES string of the molecule is O=C(NC[C@@H]1Cc2ccccc2O1)c1cc(F)c(F)c(O)c1F. The first-order valence-electron chi connectivity index (χ1n) is 6.86. The molecule has 0 aromatic heterocycles. The van der Waals surface area contributed by atoms with Gasteiger partial charge in [-0.05, 0) is 17.7 Å². The van der Waals surface area contributed by atoms with Gasteiger partial charge in [-0.1, -0.05) is 18.2 Å². The monoisotopic (exact) mass is 323 g/mol. The Morgan fingerprint density at radius 2 is 2.00 bits per heavy atom. The highest BCUT2D eigenvalue weighted by molar-refractivity contribution is 5.95. The van der Waals surface area contributed by atoms with Crippen molar-refractivity contribution in [1.82, 2.24) is 5.32 Å². The van der Waals surface area contributed by atoms with Crippen molar-refractivity contribution in [3.63, 3.8) is 0 Å². The maximum atomic E-state index is 13.7. The van der Waals surface area contributed by atoms with E-state index in [-0.39, 0.29) is 12.6 Å². The lowest BCUT2D eigenvalue weighted by molar-refractivity contribution is 0.0927. The predicted octanol–water partition coefficient (Wildman–Crippen LogP) is 2.54. The van der Waals surface area contributed by atoms with E-state index in [1.54, 1.807) is 6.07 Å². The highest BCUT2D eigenvalue weighted by Gasteiger charge is 2.25. The van der Waals surface area contributed by atoms with E-state index in [0.29, 0.717) is 18.2 Å². The molecule has 7 heteroatoms. The molecule has 0 bridgehead atoms. The molecular formula is C16H12F3NO3. The molecule has 2 aromatic rings. The number of halogens is 3. The number of aromatic hydroxyl groups is 1. The first-order valence-corrected chi connectivity index (χ1v) is 6.86. The van der Waals surface area contributed by atoms with Crippen molar-refractivity contribution in [2.75, 3.05) is 6.54 Å². The molecule has 1 atom stereocenters. The second kappa shape index (κ2) is 5.83. The van der Waals surface area contributed by atoms with Gasteiger partial charge >= 0.3 is 0 Å². The molecule has 0 saturated heterocycles. The fraction of sp³-hybridized carbons (Fsp3) is 0.188. The Balaban J connectivity index is 1.67. The van der Waals surface area contributed by atoms with Crippen molar-refractivity contribution in [2.24, 2.45) is 0 Å². The Morgan fingerprint density at radius 3 is 2.74 bits per heavy atom. The smallest absolute Gasteiger partial charge is 0.254 e. The van der Waals surface area contributed by atoms with E-state index < -0.39 is 34.7 Å². The lowest BCUT2D eigenvalue weighted by Crippen LogP contribution is -2.35. The van der Waals surface area contributed by atoms with Gasteiger partial charge < -0.3 is 15.2 Å². The van der Waals surface area contributed by atoms with Crippen LogP contribution in [0.2, 0.25) is 0 Å². The largest absolute Gasteiger partial charge is 0.503 e. The van der Waals surface area contributed by atoms with Crippen LogP contribution in [0.1, 0.15) is 15.9 Å². The van der Waals surface area contributed by atoms with Gasteiger partial charge in [-0.3, -0.25) is 4.79 Å². The van der Waals surface area contributed by atoms with Crippen molar-refractivity contribution >= 4 is 5.91 Å². The van der Waals surface area contributed by atoms with Gasteiger partial charge in [-0.2, -0.15) is 4.39 Å². The summed E-state index contributed by atoms with van der Waals surface area (Å²) in [5.41, 5.74) is 0.223. The van der Waals surface area contributed by atoms with Gasteiger partial charge in [0.1, 0.15) is 11.9 Å². The molecular weight excluding hydrogens is 311 g/mol. The number of phenolic OH excluding ortho intramolecular Hbond substituents is 1. The third kappa shape index (κ3) is 2.81. The molecule has 1 heterocycles. The zero-order valence-electron chi connectivity index (χ0n) is 11.8. The van der Waals surface area contributed by atoms with E-state index in [9.17, 15) is 18.0 Å². The van der Waals surface area contributed by atoms with Gasteiger partial charge in [0.15, 0.2) is 17.4 Å². The summed E-state index contributed by atoms with van der Waals surface area (Å²) in [5, 5.41) is 11.5. The number of amides is 1. The molecule has 2 N–H and O–H groups in total. The summed E-state index contributed by atoms with van der Waals surface area (Å²) in [6, 6.07) is 7.78. The normalized spacial score (nSPS) is 15.9. The molecule has 23 heavy (non-hydrogen) atoms. The van der Waals surface area contributed by atoms with E-state index in [0.717, 1.165) is 5.56 Å². The number of rotatable bonds is 3. The van der Waals surface area contributed by atoms with Crippen molar-refractivity contribution in [3.05, 3.63) is 58.9 Å². The highest BCUT2D eigenvalue weighted by atomic mass is 19.2. The van der Waals surface area contributed by atoms with Crippen molar-refractivity contribution in [1.29, 1.82) is 0 Å². The lowest BCUT2D eigenvalue weighted by Gasteiger charge is -2.12. The van der Waals surface area contributed by atoms with Gasteiger partial charge in [-0.25, -0.2) is 8.78 Å². The van der Waals surface area contributed by atoms with Crippen LogP contribution in [-0.4, -0.2) is 23.7 Å². The highest BCUT2D eigenvalue weighted by Crippen LogP contribution is 2.28. The van der Waals surface area contributed by atoms with Gasteiger partial charge in [0.05, 0.1) is 12.1 Å². The van der Waals surface area contributed by atoms with Gasteiger partial charge in [-0.15, -0.1) is 0 Å². The summed E-state index contributed by atoms with van der Waals surface area (Å²) in [5.74, 6) is -6.50. The molecule has 3 rings (SSSR count). The van der Waals surface area contributed by atoms with Crippen LogP contribution in [0.3, 0.4) is 0 Å². The molecule has 2 aromatic carbocycles. The number of fused-ring (bicyclic) bond motifs is 1. The minimum Gasteiger partial charge on any atom is -0.503 e. The van der Waals surface area contributed by atoms with Gasteiger partial charge in [0.2, 0.25) is 5.82 Å². The average Bonchev–Trinajstić information content (AvgIpc) is 2.97. The quantitative estimate of drug-likeness (QED) is 0.854. The molecule has 0 unspecified atom stereocenters. The number of nitrogens with one attached hydrogen (secondary N) is 1. The third-order valence-electron chi connectivity index (χ3n) is 3.58. The molecule has 0 radical (unpaired) electrons. The summed E-state index contributed by atoms with van der Waals surface area (Å²) in [7, 11) is 0. The van der Waals surface area contributed by atoms with Gasteiger partial charge in [0.25, 0.3) is 5.91 Å². The molecule has 1 aliphatic heterocycles. The maximum Gasteiger partial charge on any atom is 0.254 e. The molecule has 0 saturated carbocycles. The van der Waals surface area contributed by atoms with Crippen LogP contribution in [-0.2, 0) is 6.42 Å². The zero-order valence-corrected chi connectivity index (χ0v) is 11.8. The molecule has 0 spiro atoms. The molecule has 0 fully saturated rings. The van der Waals surface area contributed by atoms with Crippen LogP contribution >= 0.6 is 0 Å². The van der Waals surface area contributed by atoms with Crippen molar-refractivity contribution in [2.45, 2.75) is 12.5 Å². The topological polar surface area (TPSA) is 58.6 Å². The summed E-state index contributed by atoms with van der Waals surface area (Å²) in [6.07, 6.45) is 0.236. The predicted molar refractivity (Wildman–Crippen MR) is 74.9 cm³/mol. The average molecular weight is 323 g/mol. The Kier molecular flexibility index (Phi) is 3.85. The summed E-state index contributed by atoms with van der Waals surface area (Å²) < 4.78 is 45.5. The van der Waals surface area contributed by atoms with Gasteiger partial charge in [0, 0.05) is 6.42 Å². The Hall–Kier alpha value is -2.70. The molecule has 1 amide bonds. The van der Waals surface area contributed by atoms with E-state index in [1.807, 2.05) is 18.2 Å². The molecule has 4 nitrogen and oxygen atoms in total. The van der Waals surface area contributed by atoms with E-state index in [2.05, 4.69) is 5.32 Å². The van der Waals surface area contributed by atoms with E-state index >= 15 is 0 Å². The Morgan fingerprint density at radius 1 is 1.26 bits per heavy atom. The number of carbonyl (C=O) groups excluding carboxylic acids is 1. The number of carbonyl (C=O) groups is 1. The molecule has 1 aliphatic rings. The summed E-state index contributed by atoms with van der Waals surface area (Å²) in [6.45, 7) is 0.0622. The maximum absolute atomic E-state index is 13.7. The second-order valence-electron chi connectivity index (χ2n) is 5.14. The Labute approximate surface area is 129 Å². The number of hydrogen-bond donors (Lipinski definition) is 2. The molecule has 120 valence electrons. The zero-order chi connectivity index (χ0) is 16.6. The first-order chi connectivity index (χ1) is 11.0. The minimum atomic E-state index is -1.73. The standard InChI is InChI=1S/C16H12F3NO3/c17-11-6-10(13(18)15(21)14(11)19)16(22)20-7-9-5-8-3-1-2-4-12(8)23-9/h1-4,6,9,21H,5,7H2,(H,20,22)/t9-/m0/s1. The third-order valence-corrected chi connectivity index (χ3v) is 3.58. The second-order valence-corrected chi connectivity index (χ2v) is 5.14. The summed E-state index contributed by atoms with van der Waals surface area (Å²) in [4.78, 5) is 11.9. The van der Waals surface area contributed by atoms with E-state index in [1.165, 1.54) is 0 Å². The van der Waals surface area contributed by atoms with Crippen LogP contribution < -0.4 is 10.1 Å². The van der Waals surface area contributed by atoms with Crippen molar-refractivity contribution < 1.29 is 27.8 Å². The first kappa shape index (κ1) is 15.2. The fourth-order valence-electron chi connectivity index (χ4n) is 2.43. The van der Waals surface area contributed by atoms with Crippen LogP contribution in [0.25, 0.3) is 0 Å². The van der Waals surface area contributed by atoms with Crippen LogP contribution in [0.5, 0.6) is 11.5 Å². The van der Waals surface area contributed by atoms with Crippen LogP contribution in [0.15, 0.2) is 30.3 Å². The number of phenols is 1. The number of hydrogen-bond acceptors (Lipinski definition) is 3. The lowest BCUT2D eigenvalue weighted by atomic mass is 10.1. The molecule has 0 aliphatic carbocycles. The number of ether oxygens (including phenoxy) is 1. The van der Waals surface area contributed by atoms with Crippen LogP contribution in [0, 0.1) is 17.5 Å². The fourth-order valence-corrected chi connectivity index (χ4v) is 2.43. The Bertz CT molecular complexity index is 754. The number of benzene rings is 2. The van der Waals surface area contributed by atoms with E-state index in [4.69, 9.17) is 9.84 Å². The minimum absolute atomic E-state index is 0.0622. The number of para-hydroxylation sites is 1.